The van der Waals surface area contributed by atoms with E-state index >= 15 is 0 Å². The maximum Gasteiger partial charge on any atom is 0.326 e. The van der Waals surface area contributed by atoms with Gasteiger partial charge in [-0.15, -0.1) is 0 Å². The molecule has 0 aliphatic rings. The Labute approximate surface area is 105 Å². The Kier molecular flexibility index (Phi) is 4.25. The molecule has 6 heteroatoms. The van der Waals surface area contributed by atoms with E-state index in [0.717, 1.165) is 0 Å². The summed E-state index contributed by atoms with van der Waals surface area (Å²) in [4.78, 5) is 26.5. The number of pyridine rings is 1. The Morgan fingerprint density at radius 2 is 2.00 bits per heavy atom. The van der Waals surface area contributed by atoms with Crippen molar-refractivity contribution in [2.75, 3.05) is 5.32 Å². The number of carbonyl (C=O) groups is 2. The van der Waals surface area contributed by atoms with Gasteiger partial charge in [-0.3, -0.25) is 4.79 Å². The number of aromatic nitrogens is 1. The lowest BCUT2D eigenvalue weighted by molar-refractivity contribution is -0.138. The van der Waals surface area contributed by atoms with Crippen LogP contribution < -0.4 is 11.1 Å². The van der Waals surface area contributed by atoms with E-state index < -0.39 is 17.9 Å². The third kappa shape index (κ3) is 3.19. The van der Waals surface area contributed by atoms with Crippen molar-refractivity contribution < 1.29 is 14.7 Å². The van der Waals surface area contributed by atoms with E-state index in [9.17, 15) is 9.59 Å². The maximum absolute atomic E-state index is 11.2. The summed E-state index contributed by atoms with van der Waals surface area (Å²) in [6.07, 6.45) is 0. The van der Waals surface area contributed by atoms with Crippen LogP contribution in [0.25, 0.3) is 0 Å². The number of carboxylic acids is 1. The fourth-order valence-electron chi connectivity index (χ4n) is 1.53. The first-order valence-corrected chi connectivity index (χ1v) is 5.59. The van der Waals surface area contributed by atoms with Crippen LogP contribution in [0.4, 0.5) is 5.82 Å². The van der Waals surface area contributed by atoms with Gasteiger partial charge >= 0.3 is 5.97 Å². The monoisotopic (exact) mass is 251 g/mol. The molecule has 6 nitrogen and oxygen atoms in total. The second-order valence-electron chi connectivity index (χ2n) is 4.42. The molecule has 0 bridgehead atoms. The highest BCUT2D eigenvalue weighted by atomic mass is 16.4. The number of rotatable bonds is 5. The number of carbonyl (C=O) groups excluding carboxylic acids is 1. The van der Waals surface area contributed by atoms with Crippen LogP contribution in [0.1, 0.15) is 29.9 Å². The zero-order chi connectivity index (χ0) is 13.9. The summed E-state index contributed by atoms with van der Waals surface area (Å²) in [7, 11) is 0. The van der Waals surface area contributed by atoms with Crippen molar-refractivity contribution in [1.29, 1.82) is 0 Å². The van der Waals surface area contributed by atoms with Gasteiger partial charge in [-0.25, -0.2) is 9.78 Å². The molecular weight excluding hydrogens is 234 g/mol. The van der Waals surface area contributed by atoms with E-state index in [1.54, 1.807) is 26.8 Å². The van der Waals surface area contributed by atoms with Gasteiger partial charge in [0.2, 0.25) is 0 Å². The van der Waals surface area contributed by atoms with E-state index in [4.69, 9.17) is 10.8 Å². The summed E-state index contributed by atoms with van der Waals surface area (Å²) >= 11 is 0. The zero-order valence-corrected chi connectivity index (χ0v) is 10.6. The Balaban J connectivity index is 3.12. The molecule has 98 valence electrons. The topological polar surface area (TPSA) is 105 Å². The first kappa shape index (κ1) is 14.0. The molecule has 18 heavy (non-hydrogen) atoms. The summed E-state index contributed by atoms with van der Waals surface area (Å²) in [6.45, 7) is 5.29. The normalized spacial score (nSPS) is 12.2. The third-order valence-electron chi connectivity index (χ3n) is 2.52. The number of primary amides is 1. The standard InChI is InChI=1S/C12H17N3O3/c1-6(2)9(12(17)18)15-11-8(10(13)16)5-4-7(3)14-11/h4-6,9H,1-3H3,(H2,13,16)(H,14,15)(H,17,18). The highest BCUT2D eigenvalue weighted by molar-refractivity contribution is 5.98. The van der Waals surface area contributed by atoms with Crippen LogP contribution in [-0.2, 0) is 4.79 Å². The number of nitrogens with one attached hydrogen (secondary N) is 1. The van der Waals surface area contributed by atoms with Crippen molar-refractivity contribution in [2.45, 2.75) is 26.8 Å². The molecule has 0 saturated carbocycles. The molecule has 1 heterocycles. The molecule has 0 spiro atoms. The zero-order valence-electron chi connectivity index (χ0n) is 10.6. The van der Waals surface area contributed by atoms with Gasteiger partial charge in [0.25, 0.3) is 5.91 Å². The summed E-state index contributed by atoms with van der Waals surface area (Å²) in [5.41, 5.74) is 6.09. The number of hydrogen-bond donors (Lipinski definition) is 3. The van der Waals surface area contributed by atoms with Crippen molar-refractivity contribution in [3.05, 3.63) is 23.4 Å². The predicted octanol–water partition coefficient (Wildman–Crippen LogP) is 1.01. The van der Waals surface area contributed by atoms with Gasteiger partial charge in [-0.1, -0.05) is 13.8 Å². The van der Waals surface area contributed by atoms with Gasteiger partial charge in [0, 0.05) is 5.69 Å². The van der Waals surface area contributed by atoms with E-state index in [0.29, 0.717) is 5.69 Å². The largest absolute Gasteiger partial charge is 0.480 e. The van der Waals surface area contributed by atoms with Gasteiger partial charge in [0.05, 0.1) is 5.56 Å². The molecule has 0 aromatic carbocycles. The third-order valence-corrected chi connectivity index (χ3v) is 2.52. The predicted molar refractivity (Wildman–Crippen MR) is 67.4 cm³/mol. The second kappa shape index (κ2) is 5.48. The number of aliphatic carboxylic acids is 1. The number of nitrogens with zero attached hydrogens (tertiary/aromatic N) is 1. The SMILES string of the molecule is Cc1ccc(C(N)=O)c(NC(C(=O)O)C(C)C)n1. The molecule has 1 amide bonds. The van der Waals surface area contributed by atoms with E-state index in [1.807, 2.05) is 0 Å². The van der Waals surface area contributed by atoms with Crippen LogP contribution in [0.3, 0.4) is 0 Å². The van der Waals surface area contributed by atoms with Crippen LogP contribution in [0.2, 0.25) is 0 Å². The molecule has 4 N–H and O–H groups in total. The quantitative estimate of drug-likeness (QED) is 0.724. The molecular formula is C12H17N3O3. The summed E-state index contributed by atoms with van der Waals surface area (Å²) in [6, 6.07) is 2.36. The van der Waals surface area contributed by atoms with Crippen molar-refractivity contribution >= 4 is 17.7 Å². The number of nitrogens with two attached hydrogens (primary N) is 1. The van der Waals surface area contributed by atoms with Crippen LogP contribution in [0.5, 0.6) is 0 Å². The fourth-order valence-corrected chi connectivity index (χ4v) is 1.53. The van der Waals surface area contributed by atoms with Crippen LogP contribution >= 0.6 is 0 Å². The molecule has 0 aliphatic heterocycles. The molecule has 0 fully saturated rings. The van der Waals surface area contributed by atoms with Crippen molar-refractivity contribution in [3.8, 4) is 0 Å². The van der Waals surface area contributed by atoms with Gasteiger partial charge in [-0.05, 0) is 25.0 Å². The van der Waals surface area contributed by atoms with Crippen LogP contribution in [-0.4, -0.2) is 28.0 Å². The minimum absolute atomic E-state index is 0.148. The van der Waals surface area contributed by atoms with E-state index in [1.165, 1.54) is 6.07 Å². The maximum atomic E-state index is 11.2. The average Bonchev–Trinajstić information content (AvgIpc) is 2.24. The first-order valence-electron chi connectivity index (χ1n) is 5.59. The molecule has 1 aromatic rings. The Bertz CT molecular complexity index is 472. The highest BCUT2D eigenvalue weighted by Gasteiger charge is 2.23. The average molecular weight is 251 g/mol. The molecule has 1 aromatic heterocycles. The Morgan fingerprint density at radius 1 is 1.39 bits per heavy atom. The number of aryl methyl sites for hydroxylation is 1. The van der Waals surface area contributed by atoms with E-state index in [2.05, 4.69) is 10.3 Å². The van der Waals surface area contributed by atoms with Crippen LogP contribution in [0, 0.1) is 12.8 Å². The summed E-state index contributed by atoms with van der Waals surface area (Å²) < 4.78 is 0. The molecule has 0 radical (unpaired) electrons. The first-order chi connectivity index (χ1) is 8.32. The summed E-state index contributed by atoms with van der Waals surface area (Å²) in [5, 5.41) is 11.9. The summed E-state index contributed by atoms with van der Waals surface area (Å²) in [5.74, 6) is -1.57. The molecule has 1 atom stereocenters. The van der Waals surface area contributed by atoms with Crippen molar-refractivity contribution in [3.63, 3.8) is 0 Å². The smallest absolute Gasteiger partial charge is 0.326 e. The number of hydrogen-bond acceptors (Lipinski definition) is 4. The molecule has 0 saturated heterocycles. The van der Waals surface area contributed by atoms with E-state index in [-0.39, 0.29) is 17.3 Å². The number of anilines is 1. The second-order valence-corrected chi connectivity index (χ2v) is 4.42. The lowest BCUT2D eigenvalue weighted by Crippen LogP contribution is -2.35. The fraction of sp³-hybridized carbons (Fsp3) is 0.417. The number of carboxylic acid groups (broad SMARTS) is 1. The van der Waals surface area contributed by atoms with Gasteiger partial charge < -0.3 is 16.2 Å². The van der Waals surface area contributed by atoms with Crippen molar-refractivity contribution in [2.24, 2.45) is 11.7 Å². The molecule has 1 rings (SSSR count). The van der Waals surface area contributed by atoms with Gasteiger partial charge in [0.1, 0.15) is 11.9 Å². The minimum Gasteiger partial charge on any atom is -0.480 e. The van der Waals surface area contributed by atoms with Gasteiger partial charge in [0.15, 0.2) is 0 Å². The lowest BCUT2D eigenvalue weighted by atomic mass is 10.0. The van der Waals surface area contributed by atoms with Gasteiger partial charge in [-0.2, -0.15) is 0 Å². The highest BCUT2D eigenvalue weighted by Crippen LogP contribution is 2.16. The minimum atomic E-state index is -0.997. The van der Waals surface area contributed by atoms with Crippen LogP contribution in [0.15, 0.2) is 12.1 Å². The Hall–Kier alpha value is -2.11. The molecule has 1 unspecified atom stereocenters. The van der Waals surface area contributed by atoms with Crippen molar-refractivity contribution in [1.82, 2.24) is 4.98 Å². The lowest BCUT2D eigenvalue weighted by Gasteiger charge is -2.20. The number of amides is 1. The Morgan fingerprint density at radius 3 is 2.44 bits per heavy atom. The molecule has 0 aliphatic carbocycles.